The Labute approximate surface area is 86.3 Å². The number of ether oxygens (including phenoxy) is 2. The monoisotopic (exact) mass is 202 g/mol. The zero-order valence-corrected chi connectivity index (χ0v) is 9.64. The molecule has 2 aliphatic rings. The van der Waals surface area contributed by atoms with Crippen LogP contribution >= 0.6 is 0 Å². The molecule has 0 bridgehead atoms. The van der Waals surface area contributed by atoms with E-state index in [1.807, 2.05) is 0 Å². The number of hydrogen-bond donors (Lipinski definition) is 2. The molecule has 2 heterocycles. The van der Waals surface area contributed by atoms with Gasteiger partial charge in [0, 0.05) is 11.1 Å². The molecule has 2 N–H and O–H groups in total. The Kier molecular flexibility index (Phi) is 3.89. The average molecular weight is 202 g/mol. The van der Waals surface area contributed by atoms with E-state index in [1.54, 1.807) is 0 Å². The van der Waals surface area contributed by atoms with Gasteiger partial charge in [0.1, 0.15) is 0 Å². The molecule has 0 aromatic rings. The smallest absolute Gasteiger partial charge is 0.0971 e. The molecule has 4 heteroatoms. The van der Waals surface area contributed by atoms with E-state index in [0.29, 0.717) is 13.5 Å². The first-order valence-electron chi connectivity index (χ1n) is 5.07. The molecule has 0 radical (unpaired) electrons. The first kappa shape index (κ1) is 11.9. The van der Waals surface area contributed by atoms with Crippen LogP contribution in [0.15, 0.2) is 0 Å². The molecule has 2 aliphatic heterocycles. The summed E-state index contributed by atoms with van der Waals surface area (Å²) in [6, 6.07) is 0. The van der Waals surface area contributed by atoms with Crippen LogP contribution < -0.4 is 10.6 Å². The topological polar surface area (TPSA) is 42.5 Å². The Morgan fingerprint density at radius 1 is 0.786 bits per heavy atom. The number of rotatable bonds is 0. The van der Waals surface area contributed by atoms with Crippen LogP contribution in [0.2, 0.25) is 0 Å². The van der Waals surface area contributed by atoms with Gasteiger partial charge in [-0.15, -0.1) is 0 Å². The third-order valence-electron chi connectivity index (χ3n) is 2.23. The van der Waals surface area contributed by atoms with E-state index in [0.717, 1.165) is 13.2 Å². The largest absolute Gasteiger partial charge is 0.364 e. The van der Waals surface area contributed by atoms with Crippen LogP contribution in [0.4, 0.5) is 0 Å². The Hall–Kier alpha value is -0.160. The molecule has 14 heavy (non-hydrogen) atoms. The molecule has 2 saturated heterocycles. The highest BCUT2D eigenvalue weighted by atomic mass is 16.5. The van der Waals surface area contributed by atoms with Crippen LogP contribution in [-0.4, -0.2) is 37.8 Å². The van der Waals surface area contributed by atoms with E-state index < -0.39 is 0 Å². The van der Waals surface area contributed by atoms with Gasteiger partial charge < -0.3 is 9.47 Å². The minimum atomic E-state index is 0.222. The van der Waals surface area contributed by atoms with Crippen molar-refractivity contribution < 1.29 is 9.47 Å². The van der Waals surface area contributed by atoms with Crippen molar-refractivity contribution in [1.29, 1.82) is 0 Å². The van der Waals surface area contributed by atoms with E-state index in [2.05, 4.69) is 38.3 Å². The first-order valence-corrected chi connectivity index (χ1v) is 5.07. The maximum absolute atomic E-state index is 5.05. The fourth-order valence-corrected chi connectivity index (χ4v) is 1.21. The summed E-state index contributed by atoms with van der Waals surface area (Å²) in [5.74, 6) is 0. The lowest BCUT2D eigenvalue weighted by molar-refractivity contribution is 0.182. The summed E-state index contributed by atoms with van der Waals surface area (Å²) < 4.78 is 10.1. The molecule has 0 aromatic heterocycles. The summed E-state index contributed by atoms with van der Waals surface area (Å²) in [5, 5.41) is 6.35. The summed E-state index contributed by atoms with van der Waals surface area (Å²) in [6.45, 7) is 11.6. The zero-order chi connectivity index (χ0) is 10.7. The number of hydrogen-bond acceptors (Lipinski definition) is 4. The highest BCUT2D eigenvalue weighted by molar-refractivity contribution is 4.79. The highest BCUT2D eigenvalue weighted by Crippen LogP contribution is 2.07. The molecule has 0 aliphatic carbocycles. The van der Waals surface area contributed by atoms with Crippen LogP contribution in [0.1, 0.15) is 27.7 Å². The Balaban J connectivity index is 0.000000140. The van der Waals surface area contributed by atoms with Gasteiger partial charge in [0.2, 0.25) is 0 Å². The Bertz CT molecular complexity index is 145. The maximum atomic E-state index is 5.05. The molecule has 84 valence electrons. The maximum Gasteiger partial charge on any atom is 0.0971 e. The van der Waals surface area contributed by atoms with E-state index >= 15 is 0 Å². The fourth-order valence-electron chi connectivity index (χ4n) is 1.21. The minimum absolute atomic E-state index is 0.222. The molecular weight excluding hydrogens is 180 g/mol. The molecule has 0 amide bonds. The Morgan fingerprint density at radius 3 is 1.21 bits per heavy atom. The van der Waals surface area contributed by atoms with Crippen LogP contribution in [0.5, 0.6) is 0 Å². The van der Waals surface area contributed by atoms with Crippen molar-refractivity contribution in [2.24, 2.45) is 0 Å². The van der Waals surface area contributed by atoms with Crippen LogP contribution in [0.3, 0.4) is 0 Å². The van der Waals surface area contributed by atoms with Gasteiger partial charge in [0.15, 0.2) is 0 Å². The van der Waals surface area contributed by atoms with Crippen molar-refractivity contribution in [3.8, 4) is 0 Å². The van der Waals surface area contributed by atoms with E-state index in [-0.39, 0.29) is 11.1 Å². The molecule has 0 unspecified atom stereocenters. The van der Waals surface area contributed by atoms with Gasteiger partial charge in [-0.25, -0.2) is 0 Å². The van der Waals surface area contributed by atoms with Crippen molar-refractivity contribution in [2.75, 3.05) is 26.7 Å². The molecule has 0 spiro atoms. The number of nitrogens with one attached hydrogen (secondary N) is 2. The van der Waals surface area contributed by atoms with E-state index in [9.17, 15) is 0 Å². The lowest BCUT2D eigenvalue weighted by atomic mass is 10.1. The normalized spacial score (nSPS) is 28.3. The van der Waals surface area contributed by atoms with Gasteiger partial charge in [-0.2, -0.15) is 0 Å². The van der Waals surface area contributed by atoms with Crippen molar-refractivity contribution in [3.63, 3.8) is 0 Å². The van der Waals surface area contributed by atoms with Gasteiger partial charge >= 0.3 is 0 Å². The molecule has 2 rings (SSSR count). The highest BCUT2D eigenvalue weighted by Gasteiger charge is 2.22. The second-order valence-electron chi connectivity index (χ2n) is 5.11. The SMILES string of the molecule is CC1(C)COCN1.CC1(C)COCN1. The molecule has 2 fully saturated rings. The predicted molar refractivity (Wildman–Crippen MR) is 56.1 cm³/mol. The molecule has 4 nitrogen and oxygen atoms in total. The van der Waals surface area contributed by atoms with E-state index in [4.69, 9.17) is 9.47 Å². The van der Waals surface area contributed by atoms with Crippen molar-refractivity contribution >= 4 is 0 Å². The molecular formula is C10H22N2O2. The lowest BCUT2D eigenvalue weighted by Crippen LogP contribution is -2.34. The molecule has 0 saturated carbocycles. The first-order chi connectivity index (χ1) is 6.41. The van der Waals surface area contributed by atoms with Crippen molar-refractivity contribution in [1.82, 2.24) is 10.6 Å². The standard InChI is InChI=1S/2C5H11NO/c2*1-5(2)3-7-4-6-5/h2*6H,3-4H2,1-2H3. The third kappa shape index (κ3) is 4.37. The minimum Gasteiger partial charge on any atom is -0.364 e. The molecule has 0 atom stereocenters. The summed E-state index contributed by atoms with van der Waals surface area (Å²) in [5.41, 5.74) is 0.444. The van der Waals surface area contributed by atoms with Gasteiger partial charge in [-0.3, -0.25) is 10.6 Å². The summed E-state index contributed by atoms with van der Waals surface area (Å²) >= 11 is 0. The van der Waals surface area contributed by atoms with Crippen molar-refractivity contribution in [2.45, 2.75) is 38.8 Å². The van der Waals surface area contributed by atoms with Gasteiger partial charge in [-0.1, -0.05) is 0 Å². The second-order valence-corrected chi connectivity index (χ2v) is 5.11. The van der Waals surface area contributed by atoms with Crippen molar-refractivity contribution in [3.05, 3.63) is 0 Å². The van der Waals surface area contributed by atoms with Gasteiger partial charge in [-0.05, 0) is 27.7 Å². The fraction of sp³-hybridized carbons (Fsp3) is 1.00. The van der Waals surface area contributed by atoms with Crippen LogP contribution in [0.25, 0.3) is 0 Å². The van der Waals surface area contributed by atoms with Crippen LogP contribution in [0, 0.1) is 0 Å². The summed E-state index contributed by atoms with van der Waals surface area (Å²) in [7, 11) is 0. The van der Waals surface area contributed by atoms with Gasteiger partial charge in [0.25, 0.3) is 0 Å². The lowest BCUT2D eigenvalue weighted by Gasteiger charge is -2.12. The average Bonchev–Trinajstić information content (AvgIpc) is 2.60. The zero-order valence-electron chi connectivity index (χ0n) is 9.64. The third-order valence-corrected chi connectivity index (χ3v) is 2.23. The summed E-state index contributed by atoms with van der Waals surface area (Å²) in [4.78, 5) is 0. The second kappa shape index (κ2) is 4.57. The van der Waals surface area contributed by atoms with E-state index in [1.165, 1.54) is 0 Å². The Morgan fingerprint density at radius 2 is 1.14 bits per heavy atom. The molecule has 0 aromatic carbocycles. The summed E-state index contributed by atoms with van der Waals surface area (Å²) in [6.07, 6.45) is 0. The predicted octanol–water partition coefficient (Wildman–Crippen LogP) is 0.685. The van der Waals surface area contributed by atoms with Gasteiger partial charge in [0.05, 0.1) is 26.7 Å². The van der Waals surface area contributed by atoms with Crippen LogP contribution in [-0.2, 0) is 9.47 Å². The quantitative estimate of drug-likeness (QED) is 0.606.